The first-order valence-corrected chi connectivity index (χ1v) is 22.6. The van der Waals surface area contributed by atoms with Gasteiger partial charge < -0.3 is 48.2 Å². The van der Waals surface area contributed by atoms with Crippen molar-refractivity contribution in [2.75, 3.05) is 40.3 Å². The van der Waals surface area contributed by atoms with Gasteiger partial charge >= 0.3 is 6.09 Å². The van der Waals surface area contributed by atoms with E-state index in [1.54, 1.807) is 11.0 Å². The summed E-state index contributed by atoms with van der Waals surface area (Å²) in [6.45, 7) is 9.37. The molecule has 0 bridgehead atoms. The summed E-state index contributed by atoms with van der Waals surface area (Å²) in [5.74, 6) is 1.16. The zero-order valence-corrected chi connectivity index (χ0v) is 36.8. The van der Waals surface area contributed by atoms with Crippen molar-refractivity contribution in [3.8, 4) is 28.7 Å². The molecule has 1 amide bonds. The Kier molecular flexibility index (Phi) is 14.3. The minimum Gasteiger partial charge on any atom is -0.459 e. The number of aliphatic hydroxyl groups excluding tert-OH is 2. The van der Waals surface area contributed by atoms with Gasteiger partial charge in [0.25, 0.3) is 0 Å². The summed E-state index contributed by atoms with van der Waals surface area (Å²) in [5, 5.41) is 24.9. The molecule has 2 fully saturated rings. The largest absolute Gasteiger partial charge is 0.459 e. The van der Waals surface area contributed by atoms with Gasteiger partial charge in [-0.25, -0.2) is 4.79 Å². The van der Waals surface area contributed by atoms with Gasteiger partial charge in [-0.1, -0.05) is 42.3 Å². The summed E-state index contributed by atoms with van der Waals surface area (Å²) in [5.41, 5.74) is 5.68. The molecule has 3 heterocycles. The third-order valence-corrected chi connectivity index (χ3v) is 13.4. The van der Waals surface area contributed by atoms with Crippen LogP contribution in [0.1, 0.15) is 92.4 Å². The van der Waals surface area contributed by atoms with Gasteiger partial charge in [-0.05, 0) is 129 Å². The number of ether oxygens (including phenoxy) is 7. The monoisotopic (exact) mass is 866 g/mol. The highest BCUT2D eigenvalue weighted by molar-refractivity contribution is 6.03. The maximum Gasteiger partial charge on any atom is 0.410 e. The smallest absolute Gasteiger partial charge is 0.410 e. The van der Waals surface area contributed by atoms with Crippen LogP contribution >= 0.6 is 0 Å². The summed E-state index contributed by atoms with van der Waals surface area (Å²) in [7, 11) is 1.38. The molecule has 13 nitrogen and oxygen atoms in total. The lowest BCUT2D eigenvalue weighted by atomic mass is 9.55. The van der Waals surface area contributed by atoms with E-state index in [1.807, 2.05) is 42.5 Å². The highest BCUT2D eigenvalue weighted by Gasteiger charge is 2.65. The normalized spacial score (nSPS) is 26.2. The third-order valence-electron chi connectivity index (χ3n) is 13.4. The van der Waals surface area contributed by atoms with Crippen LogP contribution in [0.5, 0.6) is 28.7 Å². The van der Waals surface area contributed by atoms with Gasteiger partial charge in [0.05, 0.1) is 32.0 Å². The van der Waals surface area contributed by atoms with Crippen molar-refractivity contribution in [1.82, 2.24) is 4.90 Å². The number of aliphatic hydroxyl groups is 2. The molecule has 338 valence electrons. The Morgan fingerprint density at radius 2 is 1.71 bits per heavy atom. The van der Waals surface area contributed by atoms with Crippen LogP contribution in [0.3, 0.4) is 0 Å². The second kappa shape index (κ2) is 20.2. The van der Waals surface area contributed by atoms with Crippen molar-refractivity contribution in [3.05, 3.63) is 101 Å². The molecule has 1 saturated carbocycles. The van der Waals surface area contributed by atoms with Crippen LogP contribution in [-0.2, 0) is 25.6 Å². The number of carbonyl (C=O) groups excluding carboxylic acids is 1. The molecule has 0 radical (unpaired) electrons. The zero-order chi connectivity index (χ0) is 43.9. The number of hydrogen-bond donors (Lipinski definition) is 2. The molecule has 3 aliphatic heterocycles. The number of amides is 1. The second-order valence-corrected chi connectivity index (χ2v) is 17.3. The van der Waals surface area contributed by atoms with Crippen molar-refractivity contribution in [2.45, 2.75) is 109 Å². The summed E-state index contributed by atoms with van der Waals surface area (Å²) >= 11 is 0. The fourth-order valence-electron chi connectivity index (χ4n) is 10.2. The van der Waals surface area contributed by atoms with Gasteiger partial charge in [0.2, 0.25) is 18.9 Å². The number of unbranched alkanes of at least 4 members (excludes halogenated alkanes) is 2. The number of aryl methyl sites for hydroxylation is 2. The number of hydrogen-bond acceptors (Lipinski definition) is 12. The minimum atomic E-state index is -1.47. The lowest BCUT2D eigenvalue weighted by Gasteiger charge is -2.59. The predicted octanol–water partition coefficient (Wildman–Crippen LogP) is 9.25. The maximum absolute atomic E-state index is 14.4. The van der Waals surface area contributed by atoms with Crippen molar-refractivity contribution in [1.29, 1.82) is 0 Å². The number of methoxy groups -OCH3 is 1. The fourth-order valence-corrected chi connectivity index (χ4v) is 10.2. The molecule has 0 spiro atoms. The number of fused-ring (bicyclic) bond motifs is 3. The van der Waals surface area contributed by atoms with E-state index in [1.165, 1.54) is 12.7 Å². The summed E-state index contributed by atoms with van der Waals surface area (Å²) in [6.07, 6.45) is 10.4. The van der Waals surface area contributed by atoms with Crippen LogP contribution in [0.2, 0.25) is 0 Å². The summed E-state index contributed by atoms with van der Waals surface area (Å²) in [6, 6.07) is 16.9. The van der Waals surface area contributed by atoms with Gasteiger partial charge in [0.1, 0.15) is 23.3 Å². The van der Waals surface area contributed by atoms with Crippen LogP contribution in [0.25, 0.3) is 0 Å². The number of carbonyl (C=O) groups is 1. The van der Waals surface area contributed by atoms with E-state index in [9.17, 15) is 15.0 Å². The van der Waals surface area contributed by atoms with E-state index < -0.39 is 30.1 Å². The second-order valence-electron chi connectivity index (χ2n) is 17.3. The van der Waals surface area contributed by atoms with Crippen LogP contribution in [-0.4, -0.2) is 85.4 Å². The average molecular weight is 867 g/mol. The molecule has 1 unspecified atom stereocenters. The molecule has 2 aliphatic carbocycles. The van der Waals surface area contributed by atoms with Gasteiger partial charge in [-0.15, -0.1) is 6.58 Å². The van der Waals surface area contributed by atoms with Crippen molar-refractivity contribution < 1.29 is 53.0 Å². The lowest BCUT2D eigenvalue weighted by molar-refractivity contribution is -0.256. The molecule has 8 rings (SSSR count). The summed E-state index contributed by atoms with van der Waals surface area (Å²) < 4.78 is 44.1. The van der Waals surface area contributed by atoms with E-state index in [-0.39, 0.29) is 57.3 Å². The Morgan fingerprint density at radius 1 is 0.937 bits per heavy atom. The van der Waals surface area contributed by atoms with E-state index in [0.717, 1.165) is 66.5 Å². The molecule has 2 N–H and O–H groups in total. The lowest BCUT2D eigenvalue weighted by Crippen LogP contribution is -2.70. The first kappa shape index (κ1) is 44.5. The predicted molar refractivity (Wildman–Crippen MR) is 236 cm³/mol. The Balaban J connectivity index is 1.32. The third kappa shape index (κ3) is 9.43. The van der Waals surface area contributed by atoms with Crippen molar-refractivity contribution in [2.24, 2.45) is 22.9 Å². The standard InChI is InChI=1S/C50H62N2O11/c1-5-23-60-50-45(52(49(55)56-4)30-34-16-19-43-44(26-34)59-31-58-43)29-41(51-63-46-14-8-11-24-57-46)39-27-35(12-6-9-21-53)38(13-7-10-22-54)47(48(39)50)40-28-37(18-20-42(40)62-50)61-36-17-15-32(2)33(3)25-36/h5,15-20,25-28,35,38,45-48,53-54H,1,6-14,21-24,29-31H2,2-4H3/t35-,38+,45-,46?,47+,48+,50+/m0/s1. The van der Waals surface area contributed by atoms with Crippen molar-refractivity contribution in [3.63, 3.8) is 0 Å². The van der Waals surface area contributed by atoms with E-state index in [0.29, 0.717) is 54.6 Å². The Morgan fingerprint density at radius 3 is 2.48 bits per heavy atom. The molecular formula is C50H62N2O11. The molecule has 13 heteroatoms. The highest BCUT2D eigenvalue weighted by Crippen LogP contribution is 2.62. The fraction of sp³-hybridized carbons (Fsp3) is 0.520. The summed E-state index contributed by atoms with van der Waals surface area (Å²) in [4.78, 5) is 22.4. The molecular weight excluding hydrogens is 805 g/mol. The minimum absolute atomic E-state index is 0.0400. The molecule has 3 aromatic rings. The number of rotatable bonds is 18. The van der Waals surface area contributed by atoms with Crippen LogP contribution in [0, 0.1) is 31.6 Å². The Labute approximate surface area is 370 Å². The van der Waals surface area contributed by atoms with Crippen LogP contribution in [0.15, 0.2) is 84.1 Å². The van der Waals surface area contributed by atoms with Gasteiger partial charge in [0.15, 0.2) is 11.5 Å². The molecule has 3 aromatic carbocycles. The molecule has 1 saturated heterocycles. The zero-order valence-electron chi connectivity index (χ0n) is 36.8. The Bertz CT molecular complexity index is 2150. The highest BCUT2D eigenvalue weighted by atomic mass is 16.8. The molecule has 0 aromatic heterocycles. The number of oxime groups is 1. The van der Waals surface area contributed by atoms with Crippen molar-refractivity contribution >= 4 is 11.8 Å². The molecule has 7 atom stereocenters. The first-order chi connectivity index (χ1) is 30.8. The van der Waals surface area contributed by atoms with Crippen LogP contribution < -0.4 is 18.9 Å². The van der Waals surface area contributed by atoms with E-state index in [2.05, 4.69) is 38.6 Å². The average Bonchev–Trinajstić information content (AvgIpc) is 3.78. The number of benzene rings is 3. The SMILES string of the molecule is C=CCO[C@@]12Oc3ccc(Oc4ccc(C)c(C)c4)cc3[C@H]3[C@H](CCCCO)[C@@H](CCCCO)C=C(C(=NOC4CCCCO4)C[C@@H]1N(Cc1ccc4c(c1)OCO4)C(=O)OC)[C@H]32. The molecule has 63 heavy (non-hydrogen) atoms. The van der Waals surface area contributed by atoms with E-state index in [4.69, 9.17) is 43.2 Å². The van der Waals surface area contributed by atoms with Gasteiger partial charge in [-0.2, -0.15) is 0 Å². The maximum atomic E-state index is 14.4. The topological polar surface area (TPSA) is 147 Å². The van der Waals surface area contributed by atoms with Gasteiger partial charge in [-0.3, -0.25) is 4.90 Å². The van der Waals surface area contributed by atoms with Gasteiger partial charge in [0, 0.05) is 44.1 Å². The quantitative estimate of drug-likeness (QED) is 0.0717. The molecule has 5 aliphatic rings. The number of allylic oxidation sites excluding steroid dienone is 1. The van der Waals surface area contributed by atoms with Crippen LogP contribution in [0.4, 0.5) is 4.79 Å². The number of nitrogens with zero attached hydrogens (tertiary/aromatic N) is 2. The first-order valence-electron chi connectivity index (χ1n) is 22.6. The van der Waals surface area contributed by atoms with E-state index >= 15 is 0 Å². The Hall–Kier alpha value is -5.08.